The first kappa shape index (κ1) is 10.5. The Hall–Kier alpha value is -0.990. The Morgan fingerprint density at radius 2 is 2.13 bits per heavy atom. The Morgan fingerprint density at radius 3 is 2.80 bits per heavy atom. The molecule has 2 rings (SSSR count). The van der Waals surface area contributed by atoms with Crippen molar-refractivity contribution in [2.75, 3.05) is 0 Å². The van der Waals surface area contributed by atoms with Gasteiger partial charge in [0.1, 0.15) is 11.5 Å². The van der Waals surface area contributed by atoms with E-state index >= 15 is 0 Å². The summed E-state index contributed by atoms with van der Waals surface area (Å²) in [5.41, 5.74) is 1.12. The second-order valence-electron chi connectivity index (χ2n) is 3.17. The molecule has 78 valence electrons. The van der Waals surface area contributed by atoms with Gasteiger partial charge in [-0.1, -0.05) is 18.5 Å². The lowest BCUT2D eigenvalue weighted by Gasteiger charge is -2.06. The maximum atomic E-state index is 6.02. The van der Waals surface area contributed by atoms with Crippen LogP contribution in [0.1, 0.15) is 12.5 Å². The molecule has 0 saturated carbocycles. The molecule has 0 radical (unpaired) electrons. The van der Waals surface area contributed by atoms with Crippen molar-refractivity contribution >= 4 is 22.9 Å². The quantitative estimate of drug-likeness (QED) is 0.749. The standard InChI is InChI=1S/C12H11ClOS/c1-2-9-7-10(3-4-12(9)13)14-11-5-6-15-8-11/h3-8H,2H2,1H3. The molecular weight excluding hydrogens is 228 g/mol. The van der Waals surface area contributed by atoms with Gasteiger partial charge in [0.2, 0.25) is 0 Å². The Balaban J connectivity index is 2.22. The summed E-state index contributed by atoms with van der Waals surface area (Å²) in [6.45, 7) is 2.08. The van der Waals surface area contributed by atoms with Gasteiger partial charge in [0, 0.05) is 10.4 Å². The SMILES string of the molecule is CCc1cc(Oc2ccsc2)ccc1Cl. The van der Waals surface area contributed by atoms with E-state index in [1.165, 1.54) is 0 Å². The normalized spacial score (nSPS) is 10.3. The Labute approximate surface area is 98.3 Å². The molecule has 3 heteroatoms. The van der Waals surface area contributed by atoms with Gasteiger partial charge in [0.25, 0.3) is 0 Å². The molecule has 2 aromatic rings. The van der Waals surface area contributed by atoms with Crippen LogP contribution in [0.25, 0.3) is 0 Å². The molecule has 0 N–H and O–H groups in total. The highest BCUT2D eigenvalue weighted by atomic mass is 35.5. The Kier molecular flexibility index (Phi) is 3.29. The lowest BCUT2D eigenvalue weighted by atomic mass is 10.1. The second-order valence-corrected chi connectivity index (χ2v) is 4.36. The highest BCUT2D eigenvalue weighted by Crippen LogP contribution is 2.27. The van der Waals surface area contributed by atoms with Crippen molar-refractivity contribution in [3.63, 3.8) is 0 Å². The van der Waals surface area contributed by atoms with E-state index in [-0.39, 0.29) is 0 Å². The van der Waals surface area contributed by atoms with Crippen LogP contribution in [-0.2, 0) is 6.42 Å². The summed E-state index contributed by atoms with van der Waals surface area (Å²) in [5.74, 6) is 1.72. The van der Waals surface area contributed by atoms with Crippen molar-refractivity contribution in [3.8, 4) is 11.5 Å². The van der Waals surface area contributed by atoms with E-state index in [0.717, 1.165) is 28.5 Å². The fourth-order valence-corrected chi connectivity index (χ4v) is 2.13. The van der Waals surface area contributed by atoms with Crippen molar-refractivity contribution in [1.29, 1.82) is 0 Å². The molecule has 1 heterocycles. The summed E-state index contributed by atoms with van der Waals surface area (Å²) in [4.78, 5) is 0. The van der Waals surface area contributed by atoms with Crippen LogP contribution in [0.15, 0.2) is 35.0 Å². The lowest BCUT2D eigenvalue weighted by molar-refractivity contribution is 0.484. The number of hydrogen-bond donors (Lipinski definition) is 0. The van der Waals surface area contributed by atoms with Gasteiger partial charge in [-0.25, -0.2) is 0 Å². The molecule has 1 aromatic heterocycles. The van der Waals surface area contributed by atoms with E-state index in [2.05, 4.69) is 6.92 Å². The van der Waals surface area contributed by atoms with Gasteiger partial charge in [0.15, 0.2) is 0 Å². The molecular formula is C12H11ClOS. The van der Waals surface area contributed by atoms with Crippen LogP contribution < -0.4 is 4.74 Å². The van der Waals surface area contributed by atoms with Gasteiger partial charge >= 0.3 is 0 Å². The van der Waals surface area contributed by atoms with Gasteiger partial charge in [-0.05, 0) is 41.6 Å². The van der Waals surface area contributed by atoms with Crippen molar-refractivity contribution in [2.24, 2.45) is 0 Å². The summed E-state index contributed by atoms with van der Waals surface area (Å²) in [7, 11) is 0. The molecule has 0 aliphatic rings. The van der Waals surface area contributed by atoms with Crippen LogP contribution in [0, 0.1) is 0 Å². The number of halogens is 1. The molecule has 1 aromatic carbocycles. The van der Waals surface area contributed by atoms with Gasteiger partial charge in [-0.3, -0.25) is 0 Å². The summed E-state index contributed by atoms with van der Waals surface area (Å²) in [6.07, 6.45) is 0.916. The number of hydrogen-bond acceptors (Lipinski definition) is 2. The molecule has 0 unspecified atom stereocenters. The molecule has 0 aliphatic heterocycles. The van der Waals surface area contributed by atoms with E-state index in [9.17, 15) is 0 Å². The van der Waals surface area contributed by atoms with Gasteiger partial charge in [-0.15, -0.1) is 11.3 Å². The smallest absolute Gasteiger partial charge is 0.138 e. The highest BCUT2D eigenvalue weighted by Gasteiger charge is 2.02. The molecule has 0 spiro atoms. The maximum Gasteiger partial charge on any atom is 0.138 e. The summed E-state index contributed by atoms with van der Waals surface area (Å²) >= 11 is 7.65. The van der Waals surface area contributed by atoms with Crippen molar-refractivity contribution in [1.82, 2.24) is 0 Å². The van der Waals surface area contributed by atoms with E-state index in [4.69, 9.17) is 16.3 Å². The molecule has 0 aliphatic carbocycles. The average molecular weight is 239 g/mol. The molecule has 1 nitrogen and oxygen atoms in total. The number of aryl methyl sites for hydroxylation is 1. The third-order valence-electron chi connectivity index (χ3n) is 2.13. The monoisotopic (exact) mass is 238 g/mol. The third kappa shape index (κ3) is 2.52. The van der Waals surface area contributed by atoms with Crippen LogP contribution in [0.2, 0.25) is 5.02 Å². The number of thiophene rings is 1. The van der Waals surface area contributed by atoms with Crippen molar-refractivity contribution in [3.05, 3.63) is 45.6 Å². The highest BCUT2D eigenvalue weighted by molar-refractivity contribution is 7.08. The number of rotatable bonds is 3. The molecule has 0 bridgehead atoms. The second kappa shape index (κ2) is 4.69. The van der Waals surface area contributed by atoms with Gasteiger partial charge in [-0.2, -0.15) is 0 Å². The Morgan fingerprint density at radius 1 is 1.27 bits per heavy atom. The number of ether oxygens (including phenoxy) is 1. The van der Waals surface area contributed by atoms with Crippen molar-refractivity contribution in [2.45, 2.75) is 13.3 Å². The fraction of sp³-hybridized carbons (Fsp3) is 0.167. The van der Waals surface area contributed by atoms with E-state index in [1.807, 2.05) is 35.0 Å². The minimum Gasteiger partial charge on any atom is -0.456 e. The topological polar surface area (TPSA) is 9.23 Å². The fourth-order valence-electron chi connectivity index (χ4n) is 1.33. The average Bonchev–Trinajstić information content (AvgIpc) is 2.73. The zero-order chi connectivity index (χ0) is 10.7. The first-order valence-electron chi connectivity index (χ1n) is 4.78. The zero-order valence-electron chi connectivity index (χ0n) is 8.37. The van der Waals surface area contributed by atoms with Crippen LogP contribution in [0.4, 0.5) is 0 Å². The van der Waals surface area contributed by atoms with E-state index in [0.29, 0.717) is 0 Å². The van der Waals surface area contributed by atoms with Crippen LogP contribution in [0.5, 0.6) is 11.5 Å². The molecule has 0 saturated heterocycles. The predicted molar refractivity (Wildman–Crippen MR) is 65.2 cm³/mol. The molecule has 0 amide bonds. The van der Waals surface area contributed by atoms with Crippen LogP contribution in [-0.4, -0.2) is 0 Å². The molecule has 15 heavy (non-hydrogen) atoms. The van der Waals surface area contributed by atoms with Gasteiger partial charge < -0.3 is 4.74 Å². The van der Waals surface area contributed by atoms with E-state index < -0.39 is 0 Å². The Bertz CT molecular complexity index is 437. The molecule has 0 fully saturated rings. The maximum absolute atomic E-state index is 6.02. The largest absolute Gasteiger partial charge is 0.456 e. The van der Waals surface area contributed by atoms with Crippen LogP contribution in [0.3, 0.4) is 0 Å². The minimum atomic E-state index is 0.801. The summed E-state index contributed by atoms with van der Waals surface area (Å²) < 4.78 is 5.67. The number of benzene rings is 1. The summed E-state index contributed by atoms with van der Waals surface area (Å²) in [6, 6.07) is 7.70. The third-order valence-corrected chi connectivity index (χ3v) is 3.16. The van der Waals surface area contributed by atoms with E-state index in [1.54, 1.807) is 11.3 Å². The zero-order valence-corrected chi connectivity index (χ0v) is 9.94. The molecule has 0 atom stereocenters. The predicted octanol–water partition coefficient (Wildman–Crippen LogP) is 4.76. The lowest BCUT2D eigenvalue weighted by Crippen LogP contribution is -1.86. The first-order valence-corrected chi connectivity index (χ1v) is 6.10. The van der Waals surface area contributed by atoms with Crippen molar-refractivity contribution < 1.29 is 4.74 Å². The summed E-state index contributed by atoms with van der Waals surface area (Å²) in [5, 5.41) is 4.77. The van der Waals surface area contributed by atoms with Gasteiger partial charge in [0.05, 0.1) is 0 Å². The minimum absolute atomic E-state index is 0.801. The van der Waals surface area contributed by atoms with Crippen LogP contribution >= 0.6 is 22.9 Å². The first-order chi connectivity index (χ1) is 7.29.